The molecule has 76 valence electrons. The molecule has 0 amide bonds. The van der Waals surface area contributed by atoms with Crippen molar-refractivity contribution >= 4 is 0 Å². The lowest BCUT2D eigenvalue weighted by molar-refractivity contribution is 0.0333. The summed E-state index contributed by atoms with van der Waals surface area (Å²) in [7, 11) is 0. The molecule has 1 aromatic rings. The SMILES string of the molecule is CC(C)(O)CC1Cc2ccccc2O1. The van der Waals surface area contributed by atoms with E-state index >= 15 is 0 Å². The van der Waals surface area contributed by atoms with Crippen LogP contribution in [0.1, 0.15) is 25.8 Å². The maximum absolute atomic E-state index is 9.68. The topological polar surface area (TPSA) is 29.5 Å². The van der Waals surface area contributed by atoms with E-state index in [0.29, 0.717) is 6.42 Å². The van der Waals surface area contributed by atoms with Crippen molar-refractivity contribution in [2.45, 2.75) is 38.4 Å². The van der Waals surface area contributed by atoms with Gasteiger partial charge in [0.1, 0.15) is 11.9 Å². The average molecular weight is 192 g/mol. The second kappa shape index (κ2) is 3.28. The van der Waals surface area contributed by atoms with E-state index < -0.39 is 5.60 Å². The van der Waals surface area contributed by atoms with Crippen LogP contribution >= 0.6 is 0 Å². The highest BCUT2D eigenvalue weighted by molar-refractivity contribution is 5.37. The van der Waals surface area contributed by atoms with Crippen LogP contribution in [0.15, 0.2) is 24.3 Å². The van der Waals surface area contributed by atoms with Gasteiger partial charge in [0.05, 0.1) is 5.60 Å². The normalized spacial score (nSPS) is 20.4. The first kappa shape index (κ1) is 9.53. The molecule has 0 saturated carbocycles. The van der Waals surface area contributed by atoms with Crippen molar-refractivity contribution in [1.29, 1.82) is 0 Å². The molecule has 0 spiro atoms. The van der Waals surface area contributed by atoms with Crippen molar-refractivity contribution in [3.05, 3.63) is 29.8 Å². The molecule has 0 radical (unpaired) electrons. The third-order valence-corrected chi connectivity index (χ3v) is 2.44. The first-order valence-electron chi connectivity index (χ1n) is 5.01. The van der Waals surface area contributed by atoms with E-state index in [1.165, 1.54) is 5.56 Å². The summed E-state index contributed by atoms with van der Waals surface area (Å²) in [4.78, 5) is 0. The third-order valence-electron chi connectivity index (χ3n) is 2.44. The van der Waals surface area contributed by atoms with Gasteiger partial charge in [0, 0.05) is 12.8 Å². The summed E-state index contributed by atoms with van der Waals surface area (Å²) in [6, 6.07) is 8.07. The fourth-order valence-electron chi connectivity index (χ4n) is 1.92. The molecule has 0 aromatic heterocycles. The van der Waals surface area contributed by atoms with Crippen LogP contribution in [-0.4, -0.2) is 16.8 Å². The fourth-order valence-corrected chi connectivity index (χ4v) is 1.92. The number of fused-ring (bicyclic) bond motifs is 1. The molecule has 0 saturated heterocycles. The number of rotatable bonds is 2. The van der Waals surface area contributed by atoms with Crippen LogP contribution in [0.25, 0.3) is 0 Å². The van der Waals surface area contributed by atoms with Crippen molar-refractivity contribution in [2.75, 3.05) is 0 Å². The van der Waals surface area contributed by atoms with Gasteiger partial charge in [0.25, 0.3) is 0 Å². The zero-order valence-corrected chi connectivity index (χ0v) is 8.66. The van der Waals surface area contributed by atoms with Gasteiger partial charge in [-0.2, -0.15) is 0 Å². The van der Waals surface area contributed by atoms with E-state index in [1.807, 2.05) is 32.0 Å². The van der Waals surface area contributed by atoms with E-state index in [2.05, 4.69) is 6.07 Å². The zero-order valence-electron chi connectivity index (χ0n) is 8.66. The summed E-state index contributed by atoms with van der Waals surface area (Å²) in [5.74, 6) is 0.974. The zero-order chi connectivity index (χ0) is 10.2. The van der Waals surface area contributed by atoms with Crippen LogP contribution in [-0.2, 0) is 6.42 Å². The highest BCUT2D eigenvalue weighted by Gasteiger charge is 2.27. The lowest BCUT2D eigenvalue weighted by Crippen LogP contribution is -2.28. The second-order valence-corrected chi connectivity index (χ2v) is 4.57. The van der Waals surface area contributed by atoms with Crippen LogP contribution in [0.3, 0.4) is 0 Å². The smallest absolute Gasteiger partial charge is 0.123 e. The van der Waals surface area contributed by atoms with Crippen molar-refractivity contribution in [1.82, 2.24) is 0 Å². The Morgan fingerprint density at radius 1 is 1.43 bits per heavy atom. The molecule has 0 bridgehead atoms. The molecule has 2 rings (SSSR count). The van der Waals surface area contributed by atoms with Crippen LogP contribution in [0.5, 0.6) is 5.75 Å². The van der Waals surface area contributed by atoms with E-state index in [9.17, 15) is 5.11 Å². The number of para-hydroxylation sites is 1. The predicted molar refractivity (Wildman–Crippen MR) is 55.5 cm³/mol. The Bertz CT molecular complexity index is 300. The summed E-state index contributed by atoms with van der Waals surface area (Å²) in [6.45, 7) is 3.64. The van der Waals surface area contributed by atoms with Gasteiger partial charge in [-0.3, -0.25) is 0 Å². The van der Waals surface area contributed by atoms with Gasteiger partial charge in [-0.15, -0.1) is 0 Å². The van der Waals surface area contributed by atoms with Crippen LogP contribution in [0.4, 0.5) is 0 Å². The van der Waals surface area contributed by atoms with Crippen molar-refractivity contribution < 1.29 is 9.84 Å². The van der Waals surface area contributed by atoms with Crippen LogP contribution in [0.2, 0.25) is 0 Å². The standard InChI is InChI=1S/C12H16O2/c1-12(2,13)8-10-7-9-5-3-4-6-11(9)14-10/h3-6,10,13H,7-8H2,1-2H3. The minimum atomic E-state index is -0.646. The first-order chi connectivity index (χ1) is 6.54. The maximum atomic E-state index is 9.68. The summed E-state index contributed by atoms with van der Waals surface area (Å²) in [5, 5.41) is 9.68. The molecule has 14 heavy (non-hydrogen) atoms. The average Bonchev–Trinajstić information content (AvgIpc) is 2.42. The third kappa shape index (κ3) is 2.07. The Morgan fingerprint density at radius 2 is 2.14 bits per heavy atom. The van der Waals surface area contributed by atoms with Gasteiger partial charge in [0.15, 0.2) is 0 Å². The number of hydrogen-bond donors (Lipinski definition) is 1. The number of hydrogen-bond acceptors (Lipinski definition) is 2. The molecule has 0 aliphatic carbocycles. The predicted octanol–water partition coefficient (Wildman–Crippen LogP) is 2.15. The van der Waals surface area contributed by atoms with Crippen molar-refractivity contribution in [3.63, 3.8) is 0 Å². The Labute approximate surface area is 84.5 Å². The molecule has 1 unspecified atom stereocenters. The van der Waals surface area contributed by atoms with Crippen LogP contribution < -0.4 is 4.74 Å². The van der Waals surface area contributed by atoms with Gasteiger partial charge >= 0.3 is 0 Å². The highest BCUT2D eigenvalue weighted by atomic mass is 16.5. The monoisotopic (exact) mass is 192 g/mol. The molecule has 2 nitrogen and oxygen atoms in total. The molecule has 1 aromatic carbocycles. The minimum absolute atomic E-state index is 0.132. The largest absolute Gasteiger partial charge is 0.490 e. The Balaban J connectivity index is 2.05. The van der Waals surface area contributed by atoms with Crippen molar-refractivity contribution in [2.24, 2.45) is 0 Å². The van der Waals surface area contributed by atoms with Crippen molar-refractivity contribution in [3.8, 4) is 5.75 Å². The van der Waals surface area contributed by atoms with Gasteiger partial charge in [-0.1, -0.05) is 18.2 Å². The Hall–Kier alpha value is -1.02. The van der Waals surface area contributed by atoms with E-state index in [-0.39, 0.29) is 6.10 Å². The van der Waals surface area contributed by atoms with Gasteiger partial charge in [-0.05, 0) is 25.5 Å². The minimum Gasteiger partial charge on any atom is -0.490 e. The lowest BCUT2D eigenvalue weighted by Gasteiger charge is -2.21. The summed E-state index contributed by atoms with van der Waals surface area (Å²) in [6.07, 6.45) is 1.73. The summed E-state index contributed by atoms with van der Waals surface area (Å²) < 4.78 is 5.72. The molecule has 1 aliphatic rings. The molecular weight excluding hydrogens is 176 g/mol. The quantitative estimate of drug-likeness (QED) is 0.778. The first-order valence-corrected chi connectivity index (χ1v) is 5.01. The Kier molecular flexibility index (Phi) is 2.23. The number of ether oxygens (including phenoxy) is 1. The number of aliphatic hydroxyl groups is 1. The van der Waals surface area contributed by atoms with Gasteiger partial charge in [0.2, 0.25) is 0 Å². The Morgan fingerprint density at radius 3 is 2.79 bits per heavy atom. The lowest BCUT2D eigenvalue weighted by atomic mass is 9.98. The fraction of sp³-hybridized carbons (Fsp3) is 0.500. The number of benzene rings is 1. The molecule has 1 atom stereocenters. The molecule has 1 heterocycles. The molecule has 1 aliphatic heterocycles. The van der Waals surface area contributed by atoms with E-state index in [1.54, 1.807) is 0 Å². The summed E-state index contributed by atoms with van der Waals surface area (Å²) >= 11 is 0. The summed E-state index contributed by atoms with van der Waals surface area (Å²) in [5.41, 5.74) is 0.605. The van der Waals surface area contributed by atoms with Crippen LogP contribution in [0, 0.1) is 0 Å². The molecule has 0 fully saturated rings. The highest BCUT2D eigenvalue weighted by Crippen LogP contribution is 2.31. The van der Waals surface area contributed by atoms with E-state index in [4.69, 9.17) is 4.74 Å². The molecule has 1 N–H and O–H groups in total. The van der Waals surface area contributed by atoms with Gasteiger partial charge < -0.3 is 9.84 Å². The second-order valence-electron chi connectivity index (χ2n) is 4.57. The molecule has 2 heteroatoms. The van der Waals surface area contributed by atoms with E-state index in [0.717, 1.165) is 12.2 Å². The van der Waals surface area contributed by atoms with Gasteiger partial charge in [-0.25, -0.2) is 0 Å². The maximum Gasteiger partial charge on any atom is 0.123 e. The molecular formula is C12H16O2.